The summed E-state index contributed by atoms with van der Waals surface area (Å²) in [5.41, 5.74) is 11.2. The Labute approximate surface area is 399 Å². The summed E-state index contributed by atoms with van der Waals surface area (Å²) in [4.78, 5) is 0. The van der Waals surface area contributed by atoms with Gasteiger partial charge in [0.2, 0.25) is 0 Å². The minimum atomic E-state index is -0.723. The van der Waals surface area contributed by atoms with Crippen molar-refractivity contribution in [3.63, 3.8) is 0 Å². The van der Waals surface area contributed by atoms with E-state index in [0.29, 0.717) is 0 Å². The number of hydrogen-bond acceptors (Lipinski definition) is 4. The first-order valence-electron chi connectivity index (χ1n) is 23.8. The molecular weight excluding hydrogens is 845 g/mol. The third kappa shape index (κ3) is 6.59. The highest BCUT2D eigenvalue weighted by molar-refractivity contribution is 6.15. The molecule has 13 rings (SSSR count). The zero-order chi connectivity index (χ0) is 46.1. The summed E-state index contributed by atoms with van der Waals surface area (Å²) < 4.78 is 11.7. The normalized spacial score (nSPS) is 12.8. The smallest absolute Gasteiger partial charge is 0.120 e. The van der Waals surface area contributed by atoms with E-state index in [-0.39, 0.29) is 26.4 Å². The molecule has 330 valence electrons. The molecule has 1 aliphatic carbocycles. The lowest BCUT2D eigenvalue weighted by molar-refractivity contribution is 0.201. The van der Waals surface area contributed by atoms with Gasteiger partial charge in [0.25, 0.3) is 0 Å². The van der Waals surface area contributed by atoms with Crippen molar-refractivity contribution >= 4 is 64.6 Å². The van der Waals surface area contributed by atoms with Crippen LogP contribution < -0.4 is 9.47 Å². The highest BCUT2D eigenvalue weighted by atomic mass is 16.5. The molecule has 4 nitrogen and oxygen atoms in total. The molecule has 12 aromatic rings. The van der Waals surface area contributed by atoms with Crippen molar-refractivity contribution in [1.29, 1.82) is 0 Å². The van der Waals surface area contributed by atoms with Crippen molar-refractivity contribution in [1.82, 2.24) is 0 Å². The largest absolute Gasteiger partial charge is 0.491 e. The van der Waals surface area contributed by atoms with E-state index in [2.05, 4.69) is 206 Å². The van der Waals surface area contributed by atoms with Gasteiger partial charge in [0.15, 0.2) is 0 Å². The summed E-state index contributed by atoms with van der Waals surface area (Å²) in [5.74, 6) is 1.46. The molecule has 12 aromatic carbocycles. The maximum absolute atomic E-state index is 9.51. The molecule has 0 unspecified atom stereocenters. The van der Waals surface area contributed by atoms with Gasteiger partial charge in [0.05, 0.1) is 18.6 Å². The molecule has 0 radical (unpaired) electrons. The number of aliphatic hydroxyl groups excluding tert-OH is 2. The van der Waals surface area contributed by atoms with Gasteiger partial charge in [-0.25, -0.2) is 0 Å². The highest BCUT2D eigenvalue weighted by Crippen LogP contribution is 2.58. The van der Waals surface area contributed by atoms with Crippen LogP contribution in [0.25, 0.3) is 98.0 Å². The fourth-order valence-electron chi connectivity index (χ4n) is 11.5. The molecule has 0 aliphatic heterocycles. The molecule has 0 heterocycles. The summed E-state index contributed by atoms with van der Waals surface area (Å²) in [6.07, 6.45) is 0. The van der Waals surface area contributed by atoms with Crippen LogP contribution in [0.4, 0.5) is 0 Å². The highest BCUT2D eigenvalue weighted by Gasteiger charge is 2.46. The van der Waals surface area contributed by atoms with Gasteiger partial charge in [-0.2, -0.15) is 0 Å². The summed E-state index contributed by atoms with van der Waals surface area (Å²) in [6, 6.07) is 80.2. The molecule has 2 N–H and O–H groups in total. The number of benzene rings is 12. The molecule has 0 saturated heterocycles. The predicted molar refractivity (Wildman–Crippen MR) is 285 cm³/mol. The van der Waals surface area contributed by atoms with Gasteiger partial charge >= 0.3 is 0 Å². The van der Waals surface area contributed by atoms with Crippen molar-refractivity contribution in [3.8, 4) is 44.9 Å². The van der Waals surface area contributed by atoms with Gasteiger partial charge in [-0.1, -0.05) is 158 Å². The maximum atomic E-state index is 9.51. The van der Waals surface area contributed by atoms with Crippen LogP contribution in [-0.2, 0) is 5.41 Å². The lowest BCUT2D eigenvalue weighted by atomic mass is 9.67. The Morgan fingerprint density at radius 1 is 0.304 bits per heavy atom. The average Bonchev–Trinajstić information content (AvgIpc) is 3.70. The fraction of sp³-hybridized carbons (Fsp3) is 0.0769. The Morgan fingerprint density at radius 2 is 0.696 bits per heavy atom. The van der Waals surface area contributed by atoms with Crippen molar-refractivity contribution in [2.45, 2.75) is 5.41 Å². The van der Waals surface area contributed by atoms with E-state index in [4.69, 9.17) is 9.47 Å². The first-order chi connectivity index (χ1) is 34.1. The minimum Gasteiger partial charge on any atom is -0.491 e. The zero-order valence-corrected chi connectivity index (χ0v) is 37.8. The number of ether oxygens (including phenoxy) is 2. The lowest BCUT2D eigenvalue weighted by Gasteiger charge is -2.34. The maximum Gasteiger partial charge on any atom is 0.120 e. The number of rotatable bonds is 10. The lowest BCUT2D eigenvalue weighted by Crippen LogP contribution is -2.28. The third-order valence-corrected chi connectivity index (χ3v) is 14.5. The summed E-state index contributed by atoms with van der Waals surface area (Å²) in [5, 5.41) is 33.2. The zero-order valence-electron chi connectivity index (χ0n) is 37.8. The van der Waals surface area contributed by atoms with Crippen LogP contribution in [0.2, 0.25) is 0 Å². The number of hydrogen-bond donors (Lipinski definition) is 2. The van der Waals surface area contributed by atoms with Crippen LogP contribution in [0.3, 0.4) is 0 Å². The molecule has 69 heavy (non-hydrogen) atoms. The van der Waals surface area contributed by atoms with E-state index in [1.807, 2.05) is 12.1 Å². The molecule has 4 heteroatoms. The molecule has 0 aromatic heterocycles. The Bertz CT molecular complexity index is 3760. The van der Waals surface area contributed by atoms with Gasteiger partial charge in [0.1, 0.15) is 24.7 Å². The topological polar surface area (TPSA) is 58.9 Å². The van der Waals surface area contributed by atoms with E-state index in [1.54, 1.807) is 0 Å². The first-order valence-corrected chi connectivity index (χ1v) is 23.8. The van der Waals surface area contributed by atoms with Crippen LogP contribution in [0.5, 0.6) is 11.5 Å². The second-order valence-electron chi connectivity index (χ2n) is 18.2. The first kappa shape index (κ1) is 41.0. The molecule has 1 aliphatic rings. The Morgan fingerprint density at radius 3 is 1.14 bits per heavy atom. The van der Waals surface area contributed by atoms with Gasteiger partial charge in [-0.15, -0.1) is 0 Å². The number of fused-ring (bicyclic) bond motifs is 11. The van der Waals surface area contributed by atoms with Gasteiger partial charge in [-0.05, 0) is 181 Å². The van der Waals surface area contributed by atoms with Crippen molar-refractivity contribution in [2.24, 2.45) is 0 Å². The predicted octanol–water partition coefficient (Wildman–Crippen LogP) is 15.0. The van der Waals surface area contributed by atoms with Gasteiger partial charge in [-0.3, -0.25) is 0 Å². The average molecular weight is 891 g/mol. The van der Waals surface area contributed by atoms with Gasteiger partial charge < -0.3 is 19.7 Å². The van der Waals surface area contributed by atoms with Crippen molar-refractivity contribution < 1.29 is 19.7 Å². The molecular formula is C65H46O4. The quantitative estimate of drug-likeness (QED) is 0.134. The Kier molecular flexibility index (Phi) is 9.79. The molecule has 0 amide bonds. The molecule has 0 spiro atoms. The van der Waals surface area contributed by atoms with Gasteiger partial charge in [0, 0.05) is 0 Å². The minimum absolute atomic E-state index is 0.0430. The van der Waals surface area contributed by atoms with E-state index in [1.165, 1.54) is 87.6 Å². The van der Waals surface area contributed by atoms with Crippen LogP contribution in [0.1, 0.15) is 22.3 Å². The monoisotopic (exact) mass is 890 g/mol. The molecule has 0 fully saturated rings. The van der Waals surface area contributed by atoms with Crippen LogP contribution >= 0.6 is 0 Å². The molecule has 0 bridgehead atoms. The van der Waals surface area contributed by atoms with E-state index in [9.17, 15) is 10.2 Å². The molecule has 0 atom stereocenters. The van der Waals surface area contributed by atoms with Crippen molar-refractivity contribution in [3.05, 3.63) is 241 Å². The second-order valence-corrected chi connectivity index (χ2v) is 18.2. The van der Waals surface area contributed by atoms with E-state index < -0.39 is 5.41 Å². The molecule has 0 saturated carbocycles. The Hall–Kier alpha value is -8.28. The van der Waals surface area contributed by atoms with E-state index in [0.717, 1.165) is 44.2 Å². The standard InChI is InChI=1S/C65H46O4/c66-29-31-68-51-25-19-41-33-49(23-17-43(41)35-51)65(50-24-18-44-36-52(69-32-30-67)26-20-42(44)34-50)63-27-21-47(59-37-45-9-1-3-11-53(45)55-13-5-7-15-57(55)59)39-61(63)62-40-48(22-28-64(62)65)60-38-46-10-2-4-12-54(46)56-14-6-8-16-58(56)60/h1-28,33-40,66-67H,29-32H2. The summed E-state index contributed by atoms with van der Waals surface area (Å²) in [7, 11) is 0. The summed E-state index contributed by atoms with van der Waals surface area (Å²) in [6.45, 7) is 0.397. The summed E-state index contributed by atoms with van der Waals surface area (Å²) >= 11 is 0. The second kappa shape index (κ2) is 16.5. The van der Waals surface area contributed by atoms with Crippen LogP contribution in [-0.4, -0.2) is 36.6 Å². The Balaban J connectivity index is 1.11. The van der Waals surface area contributed by atoms with E-state index >= 15 is 0 Å². The van der Waals surface area contributed by atoms with Crippen molar-refractivity contribution in [2.75, 3.05) is 26.4 Å². The third-order valence-electron chi connectivity index (χ3n) is 14.5. The van der Waals surface area contributed by atoms with Crippen LogP contribution in [0, 0.1) is 0 Å². The van der Waals surface area contributed by atoms with Crippen LogP contribution in [0.15, 0.2) is 218 Å². The number of aliphatic hydroxyl groups is 2. The SMILES string of the molecule is OCCOc1ccc2cc(C3(c4ccc5cc(OCCO)ccc5c4)c4ccc(-c5cc6ccccc6c6ccccc56)cc4-c4cc(-c5cc6ccccc6c6ccccc56)ccc43)ccc2c1. The fourth-order valence-corrected chi connectivity index (χ4v) is 11.5.